The van der Waals surface area contributed by atoms with Crippen LogP contribution in [0.4, 0.5) is 5.95 Å². The molecule has 0 atom stereocenters. The topological polar surface area (TPSA) is 74.7 Å². The number of aromatic nitrogens is 2. The monoisotopic (exact) mass is 370 g/mol. The van der Waals surface area contributed by atoms with Crippen LogP contribution >= 0.6 is 11.6 Å². The lowest BCUT2D eigenvalue weighted by Gasteiger charge is -2.10. The maximum Gasteiger partial charge on any atom is 0.221 e. The molecule has 2 aromatic carbocycles. The second-order valence-electron chi connectivity index (χ2n) is 5.65. The first-order valence-electron chi connectivity index (χ1n) is 7.96. The lowest BCUT2D eigenvalue weighted by molar-refractivity contribution is 0.305. The molecule has 0 aliphatic rings. The summed E-state index contributed by atoms with van der Waals surface area (Å²) in [5.74, 6) is 1.77. The number of rotatable bonds is 6. The molecule has 26 heavy (non-hydrogen) atoms. The third kappa shape index (κ3) is 4.34. The van der Waals surface area contributed by atoms with Crippen LogP contribution in [-0.4, -0.2) is 23.0 Å². The van der Waals surface area contributed by atoms with Crippen LogP contribution in [-0.2, 0) is 6.61 Å². The van der Waals surface area contributed by atoms with Crippen LogP contribution in [0.2, 0.25) is 5.02 Å². The largest absolute Gasteiger partial charge is 0.497 e. The van der Waals surface area contributed by atoms with Crippen LogP contribution in [0, 0.1) is 6.92 Å². The molecule has 3 aromatic rings. The van der Waals surface area contributed by atoms with Crippen molar-refractivity contribution in [2.24, 2.45) is 5.10 Å². The number of nitrogens with two attached hydrogens (primary N) is 1. The zero-order valence-corrected chi connectivity index (χ0v) is 15.3. The quantitative estimate of drug-likeness (QED) is 0.668. The molecule has 0 aliphatic carbocycles. The lowest BCUT2D eigenvalue weighted by Crippen LogP contribution is -2.00. The lowest BCUT2D eigenvalue weighted by atomic mass is 10.2. The van der Waals surface area contributed by atoms with E-state index in [2.05, 4.69) is 10.1 Å². The molecule has 0 radical (unpaired) electrons. The minimum Gasteiger partial charge on any atom is -0.497 e. The van der Waals surface area contributed by atoms with Crippen LogP contribution in [0.1, 0.15) is 16.8 Å². The number of nitrogen functional groups attached to an aromatic ring is 1. The standard InChI is InChI=1S/C19H19ClN4O2/c1-13-11-24(19(21)23-13)22-10-15-9-16(20)6-7-18(15)26-12-14-4-3-5-17(8-14)25-2/h3-11H,12H2,1-2H3,(H2,21,23). The normalized spacial score (nSPS) is 11.0. The van der Waals surface area contributed by atoms with E-state index in [0.717, 1.165) is 22.6 Å². The van der Waals surface area contributed by atoms with Gasteiger partial charge < -0.3 is 15.2 Å². The Kier molecular flexibility index (Phi) is 5.43. The first kappa shape index (κ1) is 17.8. The third-order valence-corrected chi connectivity index (χ3v) is 3.89. The fraction of sp³-hybridized carbons (Fsp3) is 0.158. The van der Waals surface area contributed by atoms with Gasteiger partial charge >= 0.3 is 0 Å². The molecule has 1 heterocycles. The minimum atomic E-state index is 0.319. The molecule has 0 unspecified atom stereocenters. The Morgan fingerprint density at radius 3 is 2.85 bits per heavy atom. The van der Waals surface area contributed by atoms with Crippen LogP contribution < -0.4 is 15.2 Å². The van der Waals surface area contributed by atoms with Crippen molar-refractivity contribution in [2.75, 3.05) is 12.8 Å². The first-order chi connectivity index (χ1) is 12.5. The van der Waals surface area contributed by atoms with Gasteiger partial charge in [-0.2, -0.15) is 5.10 Å². The van der Waals surface area contributed by atoms with E-state index in [4.69, 9.17) is 26.8 Å². The molecule has 0 saturated heterocycles. The smallest absolute Gasteiger partial charge is 0.221 e. The summed E-state index contributed by atoms with van der Waals surface area (Å²) in [5.41, 5.74) is 8.34. The summed E-state index contributed by atoms with van der Waals surface area (Å²) >= 11 is 6.11. The maximum atomic E-state index is 6.11. The van der Waals surface area contributed by atoms with Crippen molar-refractivity contribution < 1.29 is 9.47 Å². The predicted octanol–water partition coefficient (Wildman–Crippen LogP) is 3.90. The number of hydrogen-bond donors (Lipinski definition) is 1. The Balaban J connectivity index is 1.80. The molecule has 0 amide bonds. The van der Waals surface area contributed by atoms with Gasteiger partial charge in [0, 0.05) is 10.6 Å². The van der Waals surface area contributed by atoms with Gasteiger partial charge in [0.25, 0.3) is 0 Å². The molecular formula is C19H19ClN4O2. The molecule has 7 heteroatoms. The highest BCUT2D eigenvalue weighted by atomic mass is 35.5. The summed E-state index contributed by atoms with van der Waals surface area (Å²) in [4.78, 5) is 4.11. The zero-order chi connectivity index (χ0) is 18.5. The first-order valence-corrected chi connectivity index (χ1v) is 8.34. The van der Waals surface area contributed by atoms with Crippen molar-refractivity contribution in [1.82, 2.24) is 9.66 Å². The Morgan fingerprint density at radius 1 is 1.27 bits per heavy atom. The molecule has 0 aliphatic heterocycles. The van der Waals surface area contributed by atoms with Crippen molar-refractivity contribution in [2.45, 2.75) is 13.5 Å². The molecule has 6 nitrogen and oxygen atoms in total. The zero-order valence-electron chi connectivity index (χ0n) is 14.5. The number of halogens is 1. The van der Waals surface area contributed by atoms with E-state index in [1.54, 1.807) is 31.7 Å². The van der Waals surface area contributed by atoms with Gasteiger partial charge in [-0.1, -0.05) is 23.7 Å². The summed E-state index contributed by atoms with van der Waals surface area (Å²) in [7, 11) is 1.64. The molecule has 0 saturated carbocycles. The fourth-order valence-electron chi connectivity index (χ4n) is 2.40. The van der Waals surface area contributed by atoms with E-state index in [9.17, 15) is 0 Å². The molecular weight excluding hydrogens is 352 g/mol. The maximum absolute atomic E-state index is 6.11. The van der Waals surface area contributed by atoms with Crippen molar-refractivity contribution >= 4 is 23.8 Å². The highest BCUT2D eigenvalue weighted by Crippen LogP contribution is 2.23. The summed E-state index contributed by atoms with van der Waals surface area (Å²) in [6.45, 7) is 2.25. The van der Waals surface area contributed by atoms with Gasteiger partial charge in [0.15, 0.2) is 0 Å². The van der Waals surface area contributed by atoms with Gasteiger partial charge in [-0.25, -0.2) is 9.66 Å². The van der Waals surface area contributed by atoms with Gasteiger partial charge in [0.05, 0.1) is 25.2 Å². The Labute approximate surface area is 156 Å². The number of imidazole rings is 1. The van der Waals surface area contributed by atoms with Gasteiger partial charge in [0.1, 0.15) is 18.1 Å². The number of hydrogen-bond acceptors (Lipinski definition) is 5. The van der Waals surface area contributed by atoms with E-state index in [1.807, 2.05) is 37.3 Å². The number of ether oxygens (including phenoxy) is 2. The van der Waals surface area contributed by atoms with Crippen LogP contribution in [0.15, 0.2) is 53.8 Å². The molecule has 3 rings (SSSR count). The molecule has 0 spiro atoms. The minimum absolute atomic E-state index is 0.319. The Hall–Kier alpha value is -2.99. The molecule has 2 N–H and O–H groups in total. The SMILES string of the molecule is COc1cccc(COc2ccc(Cl)cc2C=Nn2cc(C)nc2N)c1. The summed E-state index contributed by atoms with van der Waals surface area (Å²) in [6, 6.07) is 13.1. The van der Waals surface area contributed by atoms with Crippen molar-refractivity contribution in [3.8, 4) is 11.5 Å². The number of nitrogens with zero attached hydrogens (tertiary/aromatic N) is 3. The van der Waals surface area contributed by atoms with E-state index < -0.39 is 0 Å². The molecule has 134 valence electrons. The predicted molar refractivity (Wildman–Crippen MR) is 103 cm³/mol. The van der Waals surface area contributed by atoms with Gasteiger partial charge in [-0.15, -0.1) is 0 Å². The second-order valence-corrected chi connectivity index (χ2v) is 6.09. The number of benzene rings is 2. The molecule has 0 fully saturated rings. The van der Waals surface area contributed by atoms with Gasteiger partial charge in [-0.3, -0.25) is 0 Å². The average molecular weight is 371 g/mol. The Morgan fingerprint density at radius 2 is 2.12 bits per heavy atom. The van der Waals surface area contributed by atoms with E-state index in [0.29, 0.717) is 23.3 Å². The van der Waals surface area contributed by atoms with Crippen LogP contribution in [0.25, 0.3) is 0 Å². The highest BCUT2D eigenvalue weighted by Gasteiger charge is 2.06. The Bertz CT molecular complexity index is 937. The summed E-state index contributed by atoms with van der Waals surface area (Å²) in [6.07, 6.45) is 3.39. The van der Waals surface area contributed by atoms with E-state index >= 15 is 0 Å². The van der Waals surface area contributed by atoms with Gasteiger partial charge in [0.2, 0.25) is 5.95 Å². The van der Waals surface area contributed by atoms with Crippen LogP contribution in [0.5, 0.6) is 11.5 Å². The van der Waals surface area contributed by atoms with E-state index in [-0.39, 0.29) is 0 Å². The molecule has 0 bridgehead atoms. The van der Waals surface area contributed by atoms with Crippen molar-refractivity contribution in [3.63, 3.8) is 0 Å². The summed E-state index contributed by atoms with van der Waals surface area (Å²) in [5, 5.41) is 4.92. The number of anilines is 1. The average Bonchev–Trinajstić information content (AvgIpc) is 2.96. The van der Waals surface area contributed by atoms with Crippen molar-refractivity contribution in [3.05, 3.63) is 70.5 Å². The second kappa shape index (κ2) is 7.93. The number of aryl methyl sites for hydroxylation is 1. The number of methoxy groups -OCH3 is 1. The van der Waals surface area contributed by atoms with Gasteiger partial charge in [-0.05, 0) is 42.8 Å². The van der Waals surface area contributed by atoms with Crippen molar-refractivity contribution in [1.29, 1.82) is 0 Å². The third-order valence-electron chi connectivity index (χ3n) is 3.66. The highest BCUT2D eigenvalue weighted by molar-refractivity contribution is 6.30. The van der Waals surface area contributed by atoms with Crippen LogP contribution in [0.3, 0.4) is 0 Å². The van der Waals surface area contributed by atoms with E-state index in [1.165, 1.54) is 4.68 Å². The molecule has 1 aromatic heterocycles. The summed E-state index contributed by atoms with van der Waals surface area (Å²) < 4.78 is 12.7. The fourth-order valence-corrected chi connectivity index (χ4v) is 2.58.